The van der Waals surface area contributed by atoms with Crippen LogP contribution in [-0.2, 0) is 16.6 Å². The Morgan fingerprint density at radius 2 is 2.10 bits per heavy atom. The zero-order valence-electron chi connectivity index (χ0n) is 12.2. The van der Waals surface area contributed by atoms with Crippen molar-refractivity contribution < 1.29 is 13.5 Å². The number of aryl methyl sites for hydroxylation is 1. The summed E-state index contributed by atoms with van der Waals surface area (Å²) in [4.78, 5) is 0.793. The lowest BCUT2D eigenvalue weighted by Gasteiger charge is -2.34. The molecule has 0 amide bonds. The molecule has 0 radical (unpaired) electrons. The predicted octanol–water partition coefficient (Wildman–Crippen LogP) is 2.65. The molecule has 2 N–H and O–H groups in total. The zero-order chi connectivity index (χ0) is 14.9. The van der Waals surface area contributed by atoms with Gasteiger partial charge in [-0.25, -0.2) is 13.1 Å². The van der Waals surface area contributed by atoms with E-state index < -0.39 is 10.0 Å². The molecule has 1 aromatic heterocycles. The first-order valence-corrected chi connectivity index (χ1v) is 9.43. The SMILES string of the molecule is Cc1csc(CO)c1S(=O)(=O)NC1CCCC(C)C1C. The van der Waals surface area contributed by atoms with Gasteiger partial charge in [0.1, 0.15) is 4.90 Å². The maximum absolute atomic E-state index is 12.6. The van der Waals surface area contributed by atoms with Gasteiger partial charge in [-0.05, 0) is 36.1 Å². The van der Waals surface area contributed by atoms with Gasteiger partial charge >= 0.3 is 0 Å². The van der Waals surface area contributed by atoms with E-state index in [1.54, 1.807) is 12.3 Å². The number of rotatable bonds is 4. The summed E-state index contributed by atoms with van der Waals surface area (Å²) in [5.74, 6) is 0.882. The minimum absolute atomic E-state index is 0.00501. The van der Waals surface area contributed by atoms with E-state index >= 15 is 0 Å². The molecule has 20 heavy (non-hydrogen) atoms. The molecule has 0 bridgehead atoms. The Hall–Kier alpha value is -0.430. The molecule has 1 aliphatic carbocycles. The molecule has 1 aliphatic rings. The number of aliphatic hydroxyl groups excluding tert-OH is 1. The fourth-order valence-corrected chi connectivity index (χ4v) is 5.99. The van der Waals surface area contributed by atoms with Crippen LogP contribution in [-0.4, -0.2) is 19.6 Å². The number of sulfonamides is 1. The minimum Gasteiger partial charge on any atom is -0.391 e. The summed E-state index contributed by atoms with van der Waals surface area (Å²) in [7, 11) is -3.55. The summed E-state index contributed by atoms with van der Waals surface area (Å²) in [6.45, 7) is 5.84. The largest absolute Gasteiger partial charge is 0.391 e. The van der Waals surface area contributed by atoms with Gasteiger partial charge in [-0.3, -0.25) is 0 Å². The van der Waals surface area contributed by atoms with Crippen molar-refractivity contribution in [1.82, 2.24) is 4.72 Å². The van der Waals surface area contributed by atoms with Crippen LogP contribution in [0.15, 0.2) is 10.3 Å². The molecule has 2 rings (SSSR count). The second-order valence-electron chi connectivity index (χ2n) is 5.82. The first-order chi connectivity index (χ1) is 9.36. The normalized spacial score (nSPS) is 27.7. The average Bonchev–Trinajstić information content (AvgIpc) is 2.77. The van der Waals surface area contributed by atoms with Crippen molar-refractivity contribution in [2.24, 2.45) is 11.8 Å². The first-order valence-electron chi connectivity index (χ1n) is 7.07. The number of aliphatic hydroxyl groups is 1. The van der Waals surface area contributed by atoms with Crippen molar-refractivity contribution >= 4 is 21.4 Å². The Morgan fingerprint density at radius 3 is 2.75 bits per heavy atom. The second kappa shape index (κ2) is 6.13. The molecule has 114 valence electrons. The minimum atomic E-state index is -3.55. The molecule has 4 nitrogen and oxygen atoms in total. The van der Waals surface area contributed by atoms with Crippen LogP contribution in [0, 0.1) is 18.8 Å². The maximum atomic E-state index is 12.6. The topological polar surface area (TPSA) is 66.4 Å². The van der Waals surface area contributed by atoms with E-state index in [0.717, 1.165) is 12.8 Å². The number of hydrogen-bond donors (Lipinski definition) is 2. The van der Waals surface area contributed by atoms with Gasteiger partial charge in [0.25, 0.3) is 0 Å². The lowest BCUT2D eigenvalue weighted by atomic mass is 9.78. The summed E-state index contributed by atoms with van der Waals surface area (Å²) < 4.78 is 28.1. The van der Waals surface area contributed by atoms with E-state index in [2.05, 4.69) is 18.6 Å². The van der Waals surface area contributed by atoms with Crippen LogP contribution in [0.2, 0.25) is 0 Å². The third kappa shape index (κ3) is 3.08. The van der Waals surface area contributed by atoms with Crippen LogP contribution >= 0.6 is 11.3 Å². The highest BCUT2D eigenvalue weighted by atomic mass is 32.2. The molecule has 0 aromatic carbocycles. The van der Waals surface area contributed by atoms with Crippen molar-refractivity contribution in [2.45, 2.75) is 57.6 Å². The monoisotopic (exact) mass is 317 g/mol. The first kappa shape index (κ1) is 15.9. The molecular formula is C14H23NO3S2. The lowest BCUT2D eigenvalue weighted by molar-refractivity contribution is 0.226. The highest BCUT2D eigenvalue weighted by Gasteiger charge is 2.32. The maximum Gasteiger partial charge on any atom is 0.242 e. The fraction of sp³-hybridized carbons (Fsp3) is 0.714. The third-order valence-electron chi connectivity index (χ3n) is 4.42. The molecule has 6 heteroatoms. The van der Waals surface area contributed by atoms with Crippen LogP contribution in [0.25, 0.3) is 0 Å². The van der Waals surface area contributed by atoms with Crippen molar-refractivity contribution in [3.05, 3.63) is 15.8 Å². The van der Waals surface area contributed by atoms with Crippen LogP contribution < -0.4 is 4.72 Å². The molecule has 3 unspecified atom stereocenters. The number of nitrogens with one attached hydrogen (secondary N) is 1. The summed E-state index contributed by atoms with van der Waals surface area (Å²) in [6.07, 6.45) is 3.12. The summed E-state index contributed by atoms with van der Waals surface area (Å²) in [5.41, 5.74) is 0.711. The Kier molecular flexibility index (Phi) is 4.89. The summed E-state index contributed by atoms with van der Waals surface area (Å²) >= 11 is 1.30. The smallest absolute Gasteiger partial charge is 0.242 e. The number of thiophene rings is 1. The third-order valence-corrected chi connectivity index (χ3v) is 7.35. The van der Waals surface area contributed by atoms with Crippen molar-refractivity contribution in [3.8, 4) is 0 Å². The van der Waals surface area contributed by atoms with Crippen molar-refractivity contribution in [2.75, 3.05) is 0 Å². The Bertz CT molecular complexity index is 565. The van der Waals surface area contributed by atoms with E-state index in [4.69, 9.17) is 0 Å². The highest BCUT2D eigenvalue weighted by Crippen LogP contribution is 2.32. The second-order valence-corrected chi connectivity index (χ2v) is 8.44. The van der Waals surface area contributed by atoms with Gasteiger partial charge in [-0.2, -0.15) is 0 Å². The van der Waals surface area contributed by atoms with Crippen molar-refractivity contribution in [1.29, 1.82) is 0 Å². The molecule has 0 saturated heterocycles. The van der Waals surface area contributed by atoms with Gasteiger partial charge in [0.2, 0.25) is 10.0 Å². The molecule has 1 fully saturated rings. The van der Waals surface area contributed by atoms with Crippen molar-refractivity contribution in [3.63, 3.8) is 0 Å². The summed E-state index contributed by atoms with van der Waals surface area (Å²) in [6, 6.07) is -0.00501. The van der Waals surface area contributed by atoms with E-state index in [1.807, 2.05) is 0 Å². The summed E-state index contributed by atoms with van der Waals surface area (Å²) in [5, 5.41) is 11.1. The van der Waals surface area contributed by atoms with Crippen LogP contribution in [0.1, 0.15) is 43.6 Å². The molecule has 1 aromatic rings. The Labute approximate surface area is 125 Å². The fourth-order valence-electron chi connectivity index (χ4n) is 2.96. The molecule has 1 saturated carbocycles. The Balaban J connectivity index is 2.25. The molecule has 0 spiro atoms. The number of hydrogen-bond acceptors (Lipinski definition) is 4. The lowest BCUT2D eigenvalue weighted by Crippen LogP contribution is -2.43. The van der Waals surface area contributed by atoms with Gasteiger partial charge in [-0.15, -0.1) is 11.3 Å². The van der Waals surface area contributed by atoms with Crippen LogP contribution in [0.4, 0.5) is 0 Å². The van der Waals surface area contributed by atoms with Gasteiger partial charge in [0.15, 0.2) is 0 Å². The van der Waals surface area contributed by atoms with Gasteiger partial charge in [-0.1, -0.05) is 26.7 Å². The van der Waals surface area contributed by atoms with E-state index in [0.29, 0.717) is 22.3 Å². The molecular weight excluding hydrogens is 294 g/mol. The molecule has 1 heterocycles. The quantitative estimate of drug-likeness (QED) is 0.897. The standard InChI is InChI=1S/C14H23NO3S2/c1-9-5-4-6-12(11(9)3)15-20(17,18)14-10(2)8-19-13(14)7-16/h8-9,11-12,15-16H,4-7H2,1-3H3. The average molecular weight is 317 g/mol. The van der Waals surface area contributed by atoms with Crippen LogP contribution in [0.3, 0.4) is 0 Å². The molecule has 3 atom stereocenters. The van der Waals surface area contributed by atoms with E-state index in [1.165, 1.54) is 17.8 Å². The van der Waals surface area contributed by atoms with Gasteiger partial charge < -0.3 is 5.11 Å². The molecule has 0 aliphatic heterocycles. The highest BCUT2D eigenvalue weighted by molar-refractivity contribution is 7.89. The van der Waals surface area contributed by atoms with Gasteiger partial charge in [0, 0.05) is 6.04 Å². The van der Waals surface area contributed by atoms with E-state index in [-0.39, 0.29) is 17.5 Å². The van der Waals surface area contributed by atoms with Gasteiger partial charge in [0.05, 0.1) is 11.5 Å². The van der Waals surface area contributed by atoms with Crippen LogP contribution in [0.5, 0.6) is 0 Å². The Morgan fingerprint density at radius 1 is 1.40 bits per heavy atom. The van der Waals surface area contributed by atoms with E-state index in [9.17, 15) is 13.5 Å². The predicted molar refractivity (Wildman–Crippen MR) is 81.3 cm³/mol. The zero-order valence-corrected chi connectivity index (χ0v) is 13.9.